The molecule has 44 heavy (non-hydrogen) atoms. The molecule has 232 valence electrons. The van der Waals surface area contributed by atoms with E-state index < -0.39 is 51.3 Å². The van der Waals surface area contributed by atoms with Gasteiger partial charge in [0.1, 0.15) is 10.0 Å². The van der Waals surface area contributed by atoms with E-state index in [9.17, 15) is 31.1 Å². The third-order valence-corrected chi connectivity index (χ3v) is 6.84. The van der Waals surface area contributed by atoms with Gasteiger partial charge in [-0.05, 0) is 36.4 Å². The second-order valence-corrected chi connectivity index (χ2v) is 10.8. The lowest BCUT2D eigenvalue weighted by Gasteiger charge is -2.15. The van der Waals surface area contributed by atoms with Gasteiger partial charge < -0.3 is 20.1 Å². The van der Waals surface area contributed by atoms with Crippen LogP contribution in [0, 0.1) is 0 Å². The summed E-state index contributed by atoms with van der Waals surface area (Å²) in [6.07, 6.45) is -8.32. The molecule has 0 atom stereocenters. The molecule has 4 rings (SSSR count). The largest absolute Gasteiger partial charge is 0.434 e. The topological polar surface area (TPSA) is 85.4 Å². The van der Waals surface area contributed by atoms with Gasteiger partial charge in [-0.3, -0.25) is 0 Å². The van der Waals surface area contributed by atoms with Crippen molar-refractivity contribution < 1.29 is 40.6 Å². The van der Waals surface area contributed by atoms with Crippen molar-refractivity contribution in [2.24, 2.45) is 0 Å². The summed E-state index contributed by atoms with van der Waals surface area (Å²) in [5.41, 5.74) is -2.06. The molecule has 19 heteroatoms. The Bertz CT molecular complexity index is 1590. The van der Waals surface area contributed by atoms with Crippen molar-refractivity contribution in [3.63, 3.8) is 0 Å². The number of alkyl halides is 6. The molecular weight excluding hydrogens is 731 g/mol. The molecule has 0 saturated heterocycles. The van der Waals surface area contributed by atoms with E-state index in [2.05, 4.69) is 20.6 Å². The van der Waals surface area contributed by atoms with Crippen LogP contribution in [0.1, 0.15) is 11.1 Å². The number of urea groups is 1. The van der Waals surface area contributed by atoms with Gasteiger partial charge in [0.2, 0.25) is 11.8 Å². The van der Waals surface area contributed by atoms with Crippen molar-refractivity contribution in [1.29, 1.82) is 0 Å². The van der Waals surface area contributed by atoms with Gasteiger partial charge in [-0.15, -0.1) is 0 Å². The number of benzene rings is 2. The van der Waals surface area contributed by atoms with E-state index in [1.165, 1.54) is 24.3 Å². The smallest absolute Gasteiger partial charge is 0.417 e. The van der Waals surface area contributed by atoms with Gasteiger partial charge >= 0.3 is 18.4 Å². The summed E-state index contributed by atoms with van der Waals surface area (Å²) in [5, 5.41) is 3.33. The zero-order valence-corrected chi connectivity index (χ0v) is 25.3. The van der Waals surface area contributed by atoms with E-state index in [1.54, 1.807) is 0 Å². The number of ether oxygens (including phenoxy) is 2. The molecule has 0 fully saturated rings. The maximum atomic E-state index is 12.9. The summed E-state index contributed by atoms with van der Waals surface area (Å²) < 4.78 is 87.9. The molecule has 2 aromatic heterocycles. The Kier molecular flexibility index (Phi) is 10.1. The van der Waals surface area contributed by atoms with E-state index in [1.807, 2.05) is 0 Å². The number of aromatic nitrogens is 2. The molecule has 2 heterocycles. The first-order chi connectivity index (χ1) is 20.4. The first kappa shape index (κ1) is 33.8. The highest BCUT2D eigenvalue weighted by Crippen LogP contribution is 2.43. The molecule has 2 N–H and O–H groups in total. The fraction of sp³-hybridized carbons (Fsp3) is 0.0800. The summed E-state index contributed by atoms with van der Waals surface area (Å²) in [6, 6.07) is 5.28. The average molecular weight is 741 g/mol. The molecule has 0 radical (unpaired) electrons. The third-order valence-electron chi connectivity index (χ3n) is 5.18. The maximum Gasteiger partial charge on any atom is 0.417 e. The van der Waals surface area contributed by atoms with E-state index in [4.69, 9.17) is 79.1 Å². The Morgan fingerprint density at radius 2 is 0.886 bits per heavy atom. The van der Waals surface area contributed by atoms with Gasteiger partial charge in [-0.25, -0.2) is 14.8 Å². The highest BCUT2D eigenvalue weighted by atomic mass is 35.5. The van der Waals surface area contributed by atoms with Crippen LogP contribution in [0.3, 0.4) is 0 Å². The van der Waals surface area contributed by atoms with Crippen molar-refractivity contribution in [3.05, 3.63) is 90.1 Å². The fourth-order valence-corrected chi connectivity index (χ4v) is 4.80. The highest BCUT2D eigenvalue weighted by molar-refractivity contribution is 6.38. The van der Waals surface area contributed by atoms with Crippen LogP contribution in [0.15, 0.2) is 48.8 Å². The fourth-order valence-electron chi connectivity index (χ4n) is 3.26. The van der Waals surface area contributed by atoms with Gasteiger partial charge in [0.15, 0.2) is 11.5 Å². The maximum absolute atomic E-state index is 12.9. The average Bonchev–Trinajstić information content (AvgIpc) is 2.88. The SMILES string of the molecule is O=C(Nc1cc(Cl)c(Oc2ncc(C(F)(F)F)cc2Cl)c(Cl)c1)Nc1cc(Cl)c(Oc2ncc(C(F)(F)F)cc2Cl)c(Cl)c1. The molecule has 0 unspecified atom stereocenters. The predicted octanol–water partition coefficient (Wildman–Crippen LogP) is 11.7. The van der Waals surface area contributed by atoms with Crippen molar-refractivity contribution in [2.45, 2.75) is 12.4 Å². The first-order valence-electron chi connectivity index (χ1n) is 11.3. The molecular formula is C25H10Cl6F6N4O3. The predicted molar refractivity (Wildman–Crippen MR) is 154 cm³/mol. The zero-order chi connectivity index (χ0) is 32.6. The van der Waals surface area contributed by atoms with Crippen LogP contribution in [0.25, 0.3) is 0 Å². The molecule has 0 aliphatic heterocycles. The molecule has 2 aromatic carbocycles. The number of pyridine rings is 2. The first-order valence-corrected chi connectivity index (χ1v) is 13.6. The number of hydrogen-bond donors (Lipinski definition) is 2. The summed E-state index contributed by atoms with van der Waals surface area (Å²) in [5.74, 6) is -1.21. The molecule has 2 amide bonds. The second-order valence-electron chi connectivity index (χ2n) is 8.34. The Labute approximate surface area is 272 Å². The molecule has 0 spiro atoms. The third kappa shape index (κ3) is 8.14. The Hall–Kier alpha value is -3.07. The number of nitrogens with zero attached hydrogens (tertiary/aromatic N) is 2. The minimum atomic E-state index is -4.67. The van der Waals surface area contributed by atoms with Crippen LogP contribution >= 0.6 is 69.6 Å². The quantitative estimate of drug-likeness (QED) is 0.192. The van der Waals surface area contributed by atoms with E-state index in [-0.39, 0.29) is 43.0 Å². The standard InChI is InChI=1S/C25H10Cl6F6N4O3/c26-13-3-11(4-14(27)19(13)43-21-17(30)1-9(7-38-21)24(32,33)34)40-23(42)41-12-5-15(28)20(16(29)6-12)44-22-18(31)2-10(8-39-22)25(35,36)37/h1-8H,(H2,40,41,42). The number of amides is 2. The lowest BCUT2D eigenvalue weighted by atomic mass is 10.2. The summed E-state index contributed by atoms with van der Waals surface area (Å²) in [6.45, 7) is 0. The lowest BCUT2D eigenvalue weighted by Crippen LogP contribution is -2.19. The van der Waals surface area contributed by atoms with Crippen LogP contribution < -0.4 is 20.1 Å². The molecule has 0 saturated carbocycles. The molecule has 0 bridgehead atoms. The van der Waals surface area contributed by atoms with Crippen LogP contribution in [0.5, 0.6) is 23.3 Å². The number of halogens is 12. The summed E-state index contributed by atoms with van der Waals surface area (Å²) >= 11 is 36.5. The number of rotatable bonds is 6. The van der Waals surface area contributed by atoms with E-state index >= 15 is 0 Å². The van der Waals surface area contributed by atoms with E-state index in [0.717, 1.165) is 0 Å². The van der Waals surface area contributed by atoms with Gasteiger partial charge in [0.25, 0.3) is 0 Å². The minimum Gasteiger partial charge on any atom is -0.434 e. The summed E-state index contributed by atoms with van der Waals surface area (Å²) in [4.78, 5) is 19.7. The molecule has 0 aliphatic rings. The minimum absolute atomic E-state index is 0.0662. The Morgan fingerprint density at radius 3 is 1.16 bits per heavy atom. The van der Waals surface area contributed by atoms with Gasteiger partial charge in [0, 0.05) is 23.8 Å². The van der Waals surface area contributed by atoms with Crippen LogP contribution in [-0.4, -0.2) is 16.0 Å². The number of hydrogen-bond acceptors (Lipinski definition) is 5. The zero-order valence-electron chi connectivity index (χ0n) is 20.8. The second kappa shape index (κ2) is 13.1. The van der Waals surface area contributed by atoms with Crippen LogP contribution in [-0.2, 0) is 12.4 Å². The highest BCUT2D eigenvalue weighted by Gasteiger charge is 2.33. The van der Waals surface area contributed by atoms with E-state index in [0.29, 0.717) is 24.5 Å². The Morgan fingerprint density at radius 1 is 0.568 bits per heavy atom. The number of nitrogens with one attached hydrogen (secondary N) is 2. The monoisotopic (exact) mass is 738 g/mol. The van der Waals surface area contributed by atoms with Crippen molar-refractivity contribution in [1.82, 2.24) is 9.97 Å². The number of anilines is 2. The number of carbonyl (C=O) groups is 1. The normalized spacial score (nSPS) is 11.7. The van der Waals surface area contributed by atoms with Crippen LogP contribution in [0.4, 0.5) is 42.5 Å². The molecule has 0 aliphatic carbocycles. The van der Waals surface area contributed by atoms with Crippen molar-refractivity contribution in [3.8, 4) is 23.3 Å². The number of carbonyl (C=O) groups excluding carboxylic acids is 1. The molecule has 7 nitrogen and oxygen atoms in total. The van der Waals surface area contributed by atoms with Crippen LogP contribution in [0.2, 0.25) is 30.1 Å². The lowest BCUT2D eigenvalue weighted by molar-refractivity contribution is -0.138. The Balaban J connectivity index is 1.45. The molecule has 4 aromatic rings. The van der Waals surface area contributed by atoms with Gasteiger partial charge in [-0.2, -0.15) is 26.3 Å². The summed E-state index contributed by atoms with van der Waals surface area (Å²) in [7, 11) is 0. The van der Waals surface area contributed by atoms with Gasteiger partial charge in [-0.1, -0.05) is 69.6 Å². The van der Waals surface area contributed by atoms with Gasteiger partial charge in [0.05, 0.1) is 31.2 Å². The van der Waals surface area contributed by atoms with Crippen molar-refractivity contribution in [2.75, 3.05) is 10.6 Å². The van der Waals surface area contributed by atoms with Crippen molar-refractivity contribution >= 4 is 87.0 Å².